The molecule has 84 valence electrons. The lowest BCUT2D eigenvalue weighted by atomic mass is 10.3. The van der Waals surface area contributed by atoms with Gasteiger partial charge in [-0.05, 0) is 36.1 Å². The fourth-order valence-electron chi connectivity index (χ4n) is 1.17. The fourth-order valence-corrected chi connectivity index (χ4v) is 2.17. The maximum Gasteiger partial charge on any atom is 0.0638 e. The van der Waals surface area contributed by atoms with E-state index in [1.165, 1.54) is 11.5 Å². The van der Waals surface area contributed by atoms with Crippen LogP contribution in [0, 0.1) is 0 Å². The van der Waals surface area contributed by atoms with Crippen LogP contribution in [-0.4, -0.2) is 18.1 Å². The molecule has 0 aliphatic heterocycles. The highest BCUT2D eigenvalue weighted by atomic mass is 35.5. The van der Waals surface area contributed by atoms with Crippen LogP contribution in [-0.2, 0) is 0 Å². The number of benzene rings is 1. The smallest absolute Gasteiger partial charge is 0.0638 e. The van der Waals surface area contributed by atoms with E-state index in [0.29, 0.717) is 5.02 Å². The first-order valence-electron chi connectivity index (χ1n) is 5.00. The summed E-state index contributed by atoms with van der Waals surface area (Å²) >= 11 is 13.8. The Morgan fingerprint density at radius 2 is 2.13 bits per heavy atom. The van der Waals surface area contributed by atoms with E-state index in [1.807, 2.05) is 23.9 Å². The van der Waals surface area contributed by atoms with Gasteiger partial charge >= 0.3 is 0 Å². The van der Waals surface area contributed by atoms with Crippen LogP contribution in [0.25, 0.3) is 0 Å². The number of rotatable bonds is 6. The van der Waals surface area contributed by atoms with Crippen molar-refractivity contribution in [1.29, 1.82) is 0 Å². The van der Waals surface area contributed by atoms with Crippen LogP contribution in [0.4, 0.5) is 5.69 Å². The molecule has 1 aromatic carbocycles. The number of thioether (sulfide) groups is 1. The Labute approximate surface area is 106 Å². The molecule has 0 saturated heterocycles. The molecular weight excluding hydrogens is 249 g/mol. The molecule has 1 rings (SSSR count). The Hall–Kier alpha value is -0.0500. The van der Waals surface area contributed by atoms with Crippen molar-refractivity contribution in [3.05, 3.63) is 28.2 Å². The van der Waals surface area contributed by atoms with Crippen molar-refractivity contribution in [1.82, 2.24) is 0 Å². The summed E-state index contributed by atoms with van der Waals surface area (Å²) in [7, 11) is 0. The summed E-state index contributed by atoms with van der Waals surface area (Å²) in [5.74, 6) is 2.36. The third-order valence-electron chi connectivity index (χ3n) is 1.91. The topological polar surface area (TPSA) is 12.0 Å². The van der Waals surface area contributed by atoms with Gasteiger partial charge in [0.2, 0.25) is 0 Å². The zero-order chi connectivity index (χ0) is 11.1. The molecule has 0 fully saturated rings. The predicted octanol–water partition coefficient (Wildman–Crippen LogP) is 4.55. The Bertz CT molecular complexity index is 305. The lowest BCUT2D eigenvalue weighted by molar-refractivity contribution is 0.992. The maximum absolute atomic E-state index is 6.01. The molecule has 0 aliphatic rings. The summed E-state index contributed by atoms with van der Waals surface area (Å²) in [4.78, 5) is 0. The van der Waals surface area contributed by atoms with Gasteiger partial charge in [-0.25, -0.2) is 0 Å². The van der Waals surface area contributed by atoms with Gasteiger partial charge in [0, 0.05) is 11.6 Å². The van der Waals surface area contributed by atoms with Gasteiger partial charge in [-0.15, -0.1) is 0 Å². The molecule has 0 aromatic heterocycles. The van der Waals surface area contributed by atoms with Crippen LogP contribution >= 0.6 is 35.0 Å². The van der Waals surface area contributed by atoms with Crippen molar-refractivity contribution >= 4 is 40.7 Å². The van der Waals surface area contributed by atoms with Gasteiger partial charge in [-0.1, -0.05) is 30.1 Å². The Morgan fingerprint density at radius 3 is 2.87 bits per heavy atom. The average Bonchev–Trinajstić information content (AvgIpc) is 2.23. The molecule has 0 heterocycles. The standard InChI is InChI=1S/C11H15Cl2NS/c1-2-15-7-3-6-14-11-8-9(12)4-5-10(11)13/h4-5,8,14H,2-3,6-7H2,1H3. The molecule has 15 heavy (non-hydrogen) atoms. The highest BCUT2D eigenvalue weighted by Gasteiger charge is 1.99. The van der Waals surface area contributed by atoms with Crippen molar-refractivity contribution in [2.75, 3.05) is 23.4 Å². The minimum atomic E-state index is 0.713. The molecule has 0 saturated carbocycles. The first-order valence-corrected chi connectivity index (χ1v) is 6.91. The van der Waals surface area contributed by atoms with E-state index in [2.05, 4.69) is 12.2 Å². The Morgan fingerprint density at radius 1 is 1.33 bits per heavy atom. The summed E-state index contributed by atoms with van der Waals surface area (Å²) in [5, 5.41) is 4.72. The molecule has 0 aliphatic carbocycles. The molecule has 0 bridgehead atoms. The summed E-state index contributed by atoms with van der Waals surface area (Å²) in [6.45, 7) is 3.11. The van der Waals surface area contributed by atoms with Crippen molar-refractivity contribution in [2.45, 2.75) is 13.3 Å². The van der Waals surface area contributed by atoms with Gasteiger partial charge in [0.05, 0.1) is 10.7 Å². The van der Waals surface area contributed by atoms with Crippen molar-refractivity contribution < 1.29 is 0 Å². The van der Waals surface area contributed by atoms with Gasteiger partial charge < -0.3 is 5.32 Å². The number of halogens is 2. The minimum absolute atomic E-state index is 0.713. The van der Waals surface area contributed by atoms with E-state index in [-0.39, 0.29) is 0 Å². The van der Waals surface area contributed by atoms with E-state index in [4.69, 9.17) is 23.2 Å². The van der Waals surface area contributed by atoms with Crippen LogP contribution in [0.5, 0.6) is 0 Å². The average molecular weight is 264 g/mol. The molecule has 0 amide bonds. The van der Waals surface area contributed by atoms with E-state index in [1.54, 1.807) is 6.07 Å². The third kappa shape index (κ3) is 5.01. The minimum Gasteiger partial charge on any atom is -0.384 e. The van der Waals surface area contributed by atoms with E-state index >= 15 is 0 Å². The Balaban J connectivity index is 2.33. The normalized spacial score (nSPS) is 10.3. The SMILES string of the molecule is CCSCCCNc1cc(Cl)ccc1Cl. The van der Waals surface area contributed by atoms with Crippen molar-refractivity contribution in [2.24, 2.45) is 0 Å². The molecule has 4 heteroatoms. The monoisotopic (exact) mass is 263 g/mol. The number of hydrogen-bond donors (Lipinski definition) is 1. The predicted molar refractivity (Wildman–Crippen MR) is 72.6 cm³/mol. The van der Waals surface area contributed by atoms with E-state index in [0.717, 1.165) is 23.7 Å². The molecule has 1 nitrogen and oxygen atoms in total. The highest BCUT2D eigenvalue weighted by molar-refractivity contribution is 7.99. The van der Waals surface area contributed by atoms with Gasteiger partial charge in [-0.2, -0.15) is 11.8 Å². The summed E-state index contributed by atoms with van der Waals surface area (Å²) in [6.07, 6.45) is 1.14. The van der Waals surface area contributed by atoms with Crippen LogP contribution in [0.3, 0.4) is 0 Å². The summed E-state index contributed by atoms with van der Waals surface area (Å²) in [6, 6.07) is 5.46. The largest absolute Gasteiger partial charge is 0.384 e. The number of nitrogens with one attached hydrogen (secondary N) is 1. The highest BCUT2D eigenvalue weighted by Crippen LogP contribution is 2.25. The first-order chi connectivity index (χ1) is 7.24. The quantitative estimate of drug-likeness (QED) is 0.756. The van der Waals surface area contributed by atoms with Crippen molar-refractivity contribution in [3.63, 3.8) is 0 Å². The first kappa shape index (κ1) is 13.0. The summed E-state index contributed by atoms with van der Waals surface area (Å²) < 4.78 is 0. The molecule has 1 N–H and O–H groups in total. The van der Waals surface area contributed by atoms with E-state index < -0.39 is 0 Å². The number of anilines is 1. The fraction of sp³-hybridized carbons (Fsp3) is 0.455. The zero-order valence-electron chi connectivity index (χ0n) is 8.72. The van der Waals surface area contributed by atoms with Gasteiger partial charge in [0.25, 0.3) is 0 Å². The van der Waals surface area contributed by atoms with Crippen molar-refractivity contribution in [3.8, 4) is 0 Å². The maximum atomic E-state index is 6.01. The Kier molecular flexibility index (Phi) is 6.30. The van der Waals surface area contributed by atoms with Crippen LogP contribution in [0.2, 0.25) is 10.0 Å². The molecule has 1 aromatic rings. The van der Waals surface area contributed by atoms with E-state index in [9.17, 15) is 0 Å². The second-order valence-corrected chi connectivity index (χ2v) is 5.34. The molecular formula is C11H15Cl2NS. The molecule has 0 unspecified atom stereocenters. The van der Waals surface area contributed by atoms with Crippen LogP contribution in [0.1, 0.15) is 13.3 Å². The van der Waals surface area contributed by atoms with Crippen LogP contribution in [0.15, 0.2) is 18.2 Å². The van der Waals surface area contributed by atoms with Gasteiger partial charge in [0.1, 0.15) is 0 Å². The molecule has 0 atom stereocenters. The second kappa shape index (κ2) is 7.26. The molecule has 0 spiro atoms. The number of hydrogen-bond acceptors (Lipinski definition) is 2. The van der Waals surface area contributed by atoms with Gasteiger partial charge in [-0.3, -0.25) is 0 Å². The zero-order valence-corrected chi connectivity index (χ0v) is 11.1. The van der Waals surface area contributed by atoms with Crippen LogP contribution < -0.4 is 5.32 Å². The van der Waals surface area contributed by atoms with Gasteiger partial charge in [0.15, 0.2) is 0 Å². The summed E-state index contributed by atoms with van der Waals surface area (Å²) in [5.41, 5.74) is 0.922. The lowest BCUT2D eigenvalue weighted by Gasteiger charge is -2.08. The third-order valence-corrected chi connectivity index (χ3v) is 3.46. The second-order valence-electron chi connectivity index (χ2n) is 3.10. The molecule has 0 radical (unpaired) electrons. The lowest BCUT2D eigenvalue weighted by Crippen LogP contribution is -2.03.